The van der Waals surface area contributed by atoms with E-state index in [-0.39, 0.29) is 0 Å². The summed E-state index contributed by atoms with van der Waals surface area (Å²) in [6.45, 7) is -0.864. The smallest absolute Gasteiger partial charge is 0.264 e. The SMILES string of the molecule is N#CCC(=O)NOCC(F)F. The van der Waals surface area contributed by atoms with Crippen LogP contribution in [-0.2, 0) is 9.63 Å². The Morgan fingerprint density at radius 3 is 2.82 bits per heavy atom. The van der Waals surface area contributed by atoms with E-state index in [1.54, 1.807) is 5.48 Å². The molecule has 1 N–H and O–H groups in total. The van der Waals surface area contributed by atoms with Crippen LogP contribution in [0.1, 0.15) is 6.42 Å². The van der Waals surface area contributed by atoms with Gasteiger partial charge in [0.15, 0.2) is 0 Å². The monoisotopic (exact) mass is 164 g/mol. The Labute approximate surface area is 61.7 Å². The van der Waals surface area contributed by atoms with E-state index in [1.807, 2.05) is 0 Å². The number of nitrogens with one attached hydrogen (secondary N) is 1. The largest absolute Gasteiger partial charge is 0.272 e. The third kappa shape index (κ3) is 6.67. The molecule has 0 saturated carbocycles. The van der Waals surface area contributed by atoms with Crippen LogP contribution in [0.4, 0.5) is 8.78 Å². The van der Waals surface area contributed by atoms with Crippen LogP contribution in [0.25, 0.3) is 0 Å². The molecule has 4 nitrogen and oxygen atoms in total. The van der Waals surface area contributed by atoms with E-state index in [9.17, 15) is 13.6 Å². The quantitative estimate of drug-likeness (QED) is 0.604. The van der Waals surface area contributed by atoms with E-state index in [0.29, 0.717) is 0 Å². The molecule has 0 fully saturated rings. The van der Waals surface area contributed by atoms with Crippen LogP contribution in [0, 0.1) is 11.3 Å². The highest BCUT2D eigenvalue weighted by atomic mass is 19.3. The molecule has 0 aromatic rings. The van der Waals surface area contributed by atoms with Crippen molar-refractivity contribution in [3.8, 4) is 6.07 Å². The summed E-state index contributed by atoms with van der Waals surface area (Å²) in [6, 6.07) is 1.53. The fourth-order valence-electron chi connectivity index (χ4n) is 0.293. The molecule has 0 rings (SSSR count). The lowest BCUT2D eigenvalue weighted by molar-refractivity contribution is -0.135. The van der Waals surface area contributed by atoms with Gasteiger partial charge in [0, 0.05) is 0 Å². The zero-order valence-electron chi connectivity index (χ0n) is 5.51. The molecule has 0 aromatic heterocycles. The second-order valence-electron chi connectivity index (χ2n) is 1.56. The Kier molecular flexibility index (Phi) is 4.94. The number of hydrogen-bond acceptors (Lipinski definition) is 3. The summed E-state index contributed by atoms with van der Waals surface area (Å²) in [5.41, 5.74) is 1.67. The zero-order chi connectivity index (χ0) is 8.69. The Hall–Kier alpha value is -1.22. The molecule has 0 bridgehead atoms. The summed E-state index contributed by atoms with van der Waals surface area (Å²) >= 11 is 0. The molecule has 0 saturated heterocycles. The van der Waals surface area contributed by atoms with Crippen LogP contribution in [0.15, 0.2) is 0 Å². The Morgan fingerprint density at radius 1 is 1.73 bits per heavy atom. The third-order valence-electron chi connectivity index (χ3n) is 0.635. The number of nitriles is 1. The van der Waals surface area contributed by atoms with Gasteiger partial charge in [0.1, 0.15) is 13.0 Å². The normalized spacial score (nSPS) is 9.27. The molecule has 0 spiro atoms. The molecule has 11 heavy (non-hydrogen) atoms. The van der Waals surface area contributed by atoms with Crippen molar-refractivity contribution in [2.24, 2.45) is 0 Å². The Morgan fingerprint density at radius 2 is 2.36 bits per heavy atom. The first-order valence-corrected chi connectivity index (χ1v) is 2.72. The number of carbonyl (C=O) groups is 1. The van der Waals surface area contributed by atoms with Crippen molar-refractivity contribution in [1.29, 1.82) is 5.26 Å². The van der Waals surface area contributed by atoms with E-state index in [0.717, 1.165) is 0 Å². The topological polar surface area (TPSA) is 62.1 Å². The number of amides is 1. The van der Waals surface area contributed by atoms with Gasteiger partial charge in [-0.05, 0) is 0 Å². The van der Waals surface area contributed by atoms with Crippen LogP contribution in [0.3, 0.4) is 0 Å². The molecule has 0 radical (unpaired) electrons. The van der Waals surface area contributed by atoms with E-state index in [1.165, 1.54) is 6.07 Å². The van der Waals surface area contributed by atoms with E-state index >= 15 is 0 Å². The first-order valence-electron chi connectivity index (χ1n) is 2.72. The number of halogens is 2. The molecule has 0 aliphatic heterocycles. The van der Waals surface area contributed by atoms with Gasteiger partial charge in [0.2, 0.25) is 0 Å². The van der Waals surface area contributed by atoms with E-state index < -0.39 is 25.4 Å². The average molecular weight is 164 g/mol. The predicted molar refractivity (Wildman–Crippen MR) is 30.3 cm³/mol. The van der Waals surface area contributed by atoms with Crippen LogP contribution < -0.4 is 5.48 Å². The summed E-state index contributed by atoms with van der Waals surface area (Å²) in [6.07, 6.45) is -3.03. The Bertz CT molecular complexity index is 166. The first-order chi connectivity index (χ1) is 5.16. The van der Waals surface area contributed by atoms with Crippen molar-refractivity contribution >= 4 is 5.91 Å². The maximum atomic E-state index is 11.3. The zero-order valence-corrected chi connectivity index (χ0v) is 5.51. The molecule has 0 aromatic carbocycles. The Balaban J connectivity index is 3.26. The van der Waals surface area contributed by atoms with Crippen LogP contribution in [0.2, 0.25) is 0 Å². The number of hydroxylamine groups is 1. The van der Waals surface area contributed by atoms with E-state index in [4.69, 9.17) is 5.26 Å². The lowest BCUT2D eigenvalue weighted by atomic mass is 10.5. The molecule has 0 atom stereocenters. The maximum absolute atomic E-state index is 11.3. The molecule has 0 unspecified atom stereocenters. The maximum Gasteiger partial charge on any atom is 0.264 e. The van der Waals surface area contributed by atoms with Crippen LogP contribution >= 0.6 is 0 Å². The van der Waals surface area contributed by atoms with Gasteiger partial charge in [-0.15, -0.1) is 0 Å². The molecule has 0 heterocycles. The van der Waals surface area contributed by atoms with Crippen LogP contribution in [-0.4, -0.2) is 18.9 Å². The average Bonchev–Trinajstić information content (AvgIpc) is 1.87. The summed E-state index contributed by atoms with van der Waals surface area (Å²) in [5.74, 6) is -0.729. The minimum Gasteiger partial charge on any atom is -0.272 e. The van der Waals surface area contributed by atoms with Crippen molar-refractivity contribution in [3.05, 3.63) is 0 Å². The lowest BCUT2D eigenvalue weighted by Gasteiger charge is -2.01. The molecule has 0 aliphatic rings. The highest BCUT2D eigenvalue weighted by molar-refractivity contribution is 5.76. The second-order valence-corrected chi connectivity index (χ2v) is 1.56. The fraction of sp³-hybridized carbons (Fsp3) is 0.600. The first kappa shape index (κ1) is 9.78. The summed E-state index contributed by atoms with van der Waals surface area (Å²) in [7, 11) is 0. The van der Waals surface area contributed by atoms with Gasteiger partial charge in [-0.1, -0.05) is 0 Å². The van der Waals surface area contributed by atoms with Crippen molar-refractivity contribution in [2.45, 2.75) is 12.8 Å². The van der Waals surface area contributed by atoms with Gasteiger partial charge in [0.25, 0.3) is 12.3 Å². The van der Waals surface area contributed by atoms with Gasteiger partial charge < -0.3 is 0 Å². The third-order valence-corrected chi connectivity index (χ3v) is 0.635. The summed E-state index contributed by atoms with van der Waals surface area (Å²) in [4.78, 5) is 14.3. The fourth-order valence-corrected chi connectivity index (χ4v) is 0.293. The van der Waals surface area contributed by atoms with Crippen molar-refractivity contribution in [3.63, 3.8) is 0 Å². The van der Waals surface area contributed by atoms with Crippen LogP contribution in [0.5, 0.6) is 0 Å². The minimum absolute atomic E-state index is 0.400. The molecule has 62 valence electrons. The number of alkyl halides is 2. The predicted octanol–water partition coefficient (Wildman–Crippen LogP) is 0.213. The highest BCUT2D eigenvalue weighted by Gasteiger charge is 2.04. The van der Waals surface area contributed by atoms with Crippen molar-refractivity contribution in [2.75, 3.05) is 6.61 Å². The van der Waals surface area contributed by atoms with Gasteiger partial charge in [-0.25, -0.2) is 14.3 Å². The van der Waals surface area contributed by atoms with Crippen molar-refractivity contribution < 1.29 is 18.4 Å². The molecule has 0 aliphatic carbocycles. The van der Waals surface area contributed by atoms with Gasteiger partial charge in [-0.3, -0.25) is 9.63 Å². The van der Waals surface area contributed by atoms with Gasteiger partial charge in [-0.2, -0.15) is 5.26 Å². The van der Waals surface area contributed by atoms with Gasteiger partial charge in [0.05, 0.1) is 6.07 Å². The number of rotatable bonds is 4. The molecule has 1 amide bonds. The molecular weight excluding hydrogens is 158 g/mol. The second kappa shape index (κ2) is 5.56. The highest BCUT2D eigenvalue weighted by Crippen LogP contribution is 1.90. The van der Waals surface area contributed by atoms with Crippen molar-refractivity contribution in [1.82, 2.24) is 5.48 Å². The standard InChI is InChI=1S/C5H6F2N2O2/c6-4(7)3-11-9-5(10)1-2-8/h4H,1,3H2,(H,9,10). The lowest BCUT2D eigenvalue weighted by Crippen LogP contribution is -2.25. The number of carbonyl (C=O) groups excluding carboxylic acids is 1. The molecule has 6 heteroatoms. The van der Waals surface area contributed by atoms with Gasteiger partial charge >= 0.3 is 0 Å². The van der Waals surface area contributed by atoms with E-state index in [2.05, 4.69) is 4.84 Å². The minimum atomic E-state index is -2.63. The molecular formula is C5H6F2N2O2. The summed E-state index contributed by atoms with van der Waals surface area (Å²) in [5, 5.41) is 7.93. The summed E-state index contributed by atoms with van der Waals surface area (Å²) < 4.78 is 22.7. The number of hydrogen-bond donors (Lipinski definition) is 1. The number of nitrogens with zero attached hydrogens (tertiary/aromatic N) is 1.